The summed E-state index contributed by atoms with van der Waals surface area (Å²) in [5.41, 5.74) is -1.12. The van der Waals surface area contributed by atoms with Crippen molar-refractivity contribution >= 4 is 28.9 Å². The molecule has 1 spiro atoms. The van der Waals surface area contributed by atoms with E-state index >= 15 is 0 Å². The van der Waals surface area contributed by atoms with Crippen LogP contribution in [0.3, 0.4) is 0 Å². The Hall–Kier alpha value is -3.40. The Kier molecular flexibility index (Phi) is 5.89. The molecule has 4 rings (SSSR count). The van der Waals surface area contributed by atoms with Gasteiger partial charge in [-0.2, -0.15) is 0 Å². The minimum atomic E-state index is -4.83. The highest BCUT2D eigenvalue weighted by atomic mass is 35.5. The summed E-state index contributed by atoms with van der Waals surface area (Å²) in [7, 11) is 2.76. The van der Waals surface area contributed by atoms with E-state index in [1.54, 1.807) is 6.92 Å². The quantitative estimate of drug-likeness (QED) is 0.570. The Labute approximate surface area is 197 Å². The Morgan fingerprint density at radius 3 is 2.47 bits per heavy atom. The maximum Gasteiger partial charge on any atom is 0.573 e. The van der Waals surface area contributed by atoms with Gasteiger partial charge in [-0.05, 0) is 18.6 Å². The second-order valence-corrected chi connectivity index (χ2v) is 8.18. The molecule has 0 saturated carbocycles. The van der Waals surface area contributed by atoms with Crippen LogP contribution in [0.25, 0.3) is 0 Å². The third kappa shape index (κ3) is 3.91. The maximum atomic E-state index is 13.5. The van der Waals surface area contributed by atoms with E-state index in [1.807, 2.05) is 0 Å². The number of hydrogen-bond donors (Lipinski definition) is 1. The topological polar surface area (TPSA) is 83.1 Å². The van der Waals surface area contributed by atoms with Gasteiger partial charge in [-0.25, -0.2) is 0 Å². The monoisotopic (exact) mass is 497 g/mol. The first kappa shape index (κ1) is 23.7. The van der Waals surface area contributed by atoms with E-state index < -0.39 is 35.2 Å². The average Bonchev–Trinajstić information content (AvgIpc) is 3.07. The molecule has 0 fully saturated rings. The molecule has 2 aromatic carbocycles. The maximum absolute atomic E-state index is 13.5. The summed E-state index contributed by atoms with van der Waals surface area (Å²) in [4.78, 5) is 26.7. The molecule has 1 aliphatic carbocycles. The summed E-state index contributed by atoms with van der Waals surface area (Å²) >= 11 is 6.35. The Balaban J connectivity index is 1.65. The fraction of sp³-hybridized carbons (Fsp3) is 0.304. The third-order valence-electron chi connectivity index (χ3n) is 5.68. The molecule has 2 aromatic rings. The molecule has 2 atom stereocenters. The van der Waals surface area contributed by atoms with E-state index in [9.17, 15) is 22.8 Å². The van der Waals surface area contributed by atoms with Gasteiger partial charge < -0.3 is 24.3 Å². The molecule has 1 heterocycles. The first-order chi connectivity index (χ1) is 16.0. The number of anilines is 1. The summed E-state index contributed by atoms with van der Waals surface area (Å²) in [5.74, 6) is -1.89. The Morgan fingerprint density at radius 1 is 1.15 bits per heavy atom. The van der Waals surface area contributed by atoms with Crippen molar-refractivity contribution in [1.29, 1.82) is 0 Å². The lowest BCUT2D eigenvalue weighted by Gasteiger charge is -2.35. The predicted molar refractivity (Wildman–Crippen MR) is 116 cm³/mol. The number of allylic oxidation sites excluding steroid dienone is 1. The van der Waals surface area contributed by atoms with Gasteiger partial charge in [-0.15, -0.1) is 13.2 Å². The molecule has 0 aromatic heterocycles. The van der Waals surface area contributed by atoms with Crippen LogP contribution in [0.15, 0.2) is 42.1 Å². The van der Waals surface area contributed by atoms with Crippen molar-refractivity contribution < 1.29 is 41.7 Å². The number of benzene rings is 2. The number of methoxy groups -OCH3 is 2. The molecule has 7 nitrogen and oxygen atoms in total. The number of hydrogen-bond acceptors (Lipinski definition) is 7. The van der Waals surface area contributed by atoms with Gasteiger partial charge in [0.05, 0.1) is 14.2 Å². The molecule has 2 aliphatic rings. The zero-order chi connectivity index (χ0) is 24.8. The first-order valence-electron chi connectivity index (χ1n) is 10.1. The summed E-state index contributed by atoms with van der Waals surface area (Å²) in [6, 6.07) is 6.65. The van der Waals surface area contributed by atoms with Crippen LogP contribution in [-0.2, 0) is 4.79 Å². The van der Waals surface area contributed by atoms with Crippen LogP contribution in [0.4, 0.5) is 18.9 Å². The van der Waals surface area contributed by atoms with Gasteiger partial charge in [0.2, 0.25) is 17.2 Å². The van der Waals surface area contributed by atoms with Gasteiger partial charge in [0.1, 0.15) is 27.8 Å². The van der Waals surface area contributed by atoms with E-state index in [1.165, 1.54) is 38.5 Å². The van der Waals surface area contributed by atoms with E-state index in [2.05, 4.69) is 10.1 Å². The van der Waals surface area contributed by atoms with Gasteiger partial charge in [-0.1, -0.05) is 24.6 Å². The molecule has 0 saturated heterocycles. The lowest BCUT2D eigenvalue weighted by molar-refractivity contribution is -0.274. The molecule has 180 valence electrons. The van der Waals surface area contributed by atoms with Crippen LogP contribution in [-0.4, -0.2) is 37.7 Å². The number of ether oxygens (including phenoxy) is 4. The molecule has 11 heteroatoms. The van der Waals surface area contributed by atoms with E-state index in [-0.39, 0.29) is 39.9 Å². The van der Waals surface area contributed by atoms with Crippen LogP contribution in [0.5, 0.6) is 23.0 Å². The largest absolute Gasteiger partial charge is 0.573 e. The number of carbonyl (C=O) groups is 2. The van der Waals surface area contributed by atoms with E-state index in [0.29, 0.717) is 5.70 Å². The number of halogens is 4. The normalized spacial score (nSPS) is 21.6. The van der Waals surface area contributed by atoms with E-state index in [4.69, 9.17) is 25.8 Å². The molecule has 34 heavy (non-hydrogen) atoms. The van der Waals surface area contributed by atoms with Gasteiger partial charge in [0.15, 0.2) is 5.75 Å². The lowest BCUT2D eigenvalue weighted by atomic mass is 9.74. The van der Waals surface area contributed by atoms with Gasteiger partial charge in [0.25, 0.3) is 0 Å². The number of ketones is 2. The second kappa shape index (κ2) is 8.43. The predicted octanol–water partition coefficient (Wildman–Crippen LogP) is 5.17. The standard InChI is InChI=1S/C23H19ClF3NO6/c1-11-7-13(28-12-5-4-6-14(8-12)33-23(25,26)27)9-17(29)22(11)21(30)18-15(31-2)10-16(32-3)19(24)20(18)34-22/h4-6,8-11,28H,7H2,1-3H3/t11-,22+/m1/s1. The Bertz CT molecular complexity index is 1210. The lowest BCUT2D eigenvalue weighted by Crippen LogP contribution is -2.55. The number of alkyl halides is 3. The Morgan fingerprint density at radius 2 is 1.85 bits per heavy atom. The van der Waals surface area contributed by atoms with Crippen molar-refractivity contribution in [3.63, 3.8) is 0 Å². The fourth-order valence-corrected chi connectivity index (χ4v) is 4.44. The number of carbonyl (C=O) groups excluding carboxylic acids is 2. The van der Waals surface area contributed by atoms with Crippen LogP contribution in [0.2, 0.25) is 5.02 Å². The fourth-order valence-electron chi connectivity index (χ4n) is 4.17. The SMILES string of the molecule is COc1cc(OC)c2c(c1Cl)O[C@@]1(C(=O)C=C(Nc3cccc(OC(F)(F)F)c3)C[C@H]1C)C2=O. The van der Waals surface area contributed by atoms with Crippen molar-refractivity contribution in [1.82, 2.24) is 0 Å². The van der Waals surface area contributed by atoms with Crippen molar-refractivity contribution in [2.75, 3.05) is 19.5 Å². The van der Waals surface area contributed by atoms with Crippen molar-refractivity contribution in [3.8, 4) is 23.0 Å². The van der Waals surface area contributed by atoms with Crippen LogP contribution in [0, 0.1) is 5.92 Å². The average molecular weight is 498 g/mol. The molecular weight excluding hydrogens is 479 g/mol. The van der Waals surface area contributed by atoms with Crippen molar-refractivity contribution in [2.45, 2.75) is 25.3 Å². The first-order valence-corrected chi connectivity index (χ1v) is 10.4. The highest BCUT2D eigenvalue weighted by molar-refractivity contribution is 6.36. The smallest absolute Gasteiger partial charge is 0.496 e. The summed E-state index contributed by atoms with van der Waals surface area (Å²) in [6.45, 7) is 1.66. The molecule has 0 unspecified atom stereocenters. The zero-order valence-electron chi connectivity index (χ0n) is 18.2. The number of nitrogens with one attached hydrogen (secondary N) is 1. The van der Waals surface area contributed by atoms with Crippen LogP contribution < -0.4 is 24.3 Å². The van der Waals surface area contributed by atoms with Gasteiger partial charge in [-0.3, -0.25) is 9.59 Å². The van der Waals surface area contributed by atoms with Crippen molar-refractivity contribution in [2.24, 2.45) is 5.92 Å². The van der Waals surface area contributed by atoms with Gasteiger partial charge >= 0.3 is 6.36 Å². The van der Waals surface area contributed by atoms with Crippen LogP contribution in [0.1, 0.15) is 23.7 Å². The number of Topliss-reactive ketones (excluding diaryl/α,β-unsaturated/α-hetero) is 1. The van der Waals surface area contributed by atoms with Gasteiger partial charge in [0, 0.05) is 35.5 Å². The highest BCUT2D eigenvalue weighted by Gasteiger charge is 2.60. The molecule has 0 bridgehead atoms. The number of fused-ring (bicyclic) bond motifs is 1. The zero-order valence-corrected chi connectivity index (χ0v) is 19.0. The molecule has 0 radical (unpaired) electrons. The minimum absolute atomic E-state index is 0.00452. The molecule has 1 N–H and O–H groups in total. The van der Waals surface area contributed by atoms with E-state index in [0.717, 1.165) is 12.1 Å². The molecule has 1 aliphatic heterocycles. The van der Waals surface area contributed by atoms with Crippen LogP contribution >= 0.6 is 11.6 Å². The summed E-state index contributed by atoms with van der Waals surface area (Å²) < 4.78 is 57.9. The third-order valence-corrected chi connectivity index (χ3v) is 6.04. The highest BCUT2D eigenvalue weighted by Crippen LogP contribution is 2.53. The second-order valence-electron chi connectivity index (χ2n) is 7.81. The summed E-state index contributed by atoms with van der Waals surface area (Å²) in [5, 5.41) is 2.96. The molecular formula is C23H19ClF3NO6. The van der Waals surface area contributed by atoms with Crippen molar-refractivity contribution in [3.05, 3.63) is 52.7 Å². The molecule has 0 amide bonds. The summed E-state index contributed by atoms with van der Waals surface area (Å²) in [6.07, 6.45) is -3.44. The number of rotatable bonds is 5. The minimum Gasteiger partial charge on any atom is -0.496 e.